The van der Waals surface area contributed by atoms with Gasteiger partial charge in [-0.15, -0.1) is 0 Å². The first-order chi connectivity index (χ1) is 10.3. The van der Waals surface area contributed by atoms with Gasteiger partial charge in [-0.25, -0.2) is 4.79 Å². The highest BCUT2D eigenvalue weighted by molar-refractivity contribution is 5.65. The molecule has 2 fully saturated rings. The number of rotatable bonds is 3. The van der Waals surface area contributed by atoms with Crippen LogP contribution in [-0.4, -0.2) is 52.7 Å². The van der Waals surface area contributed by atoms with E-state index in [0.29, 0.717) is 12.6 Å². The molecular formula is C17H24N2O2. The summed E-state index contributed by atoms with van der Waals surface area (Å²) < 4.78 is 0. The summed E-state index contributed by atoms with van der Waals surface area (Å²) in [5, 5.41) is 9.38. The molecule has 0 radical (unpaired) electrons. The lowest BCUT2D eigenvalue weighted by molar-refractivity contribution is 0.00411. The lowest BCUT2D eigenvalue weighted by atomic mass is 9.86. The summed E-state index contributed by atoms with van der Waals surface area (Å²) in [6.45, 7) is 2.57. The van der Waals surface area contributed by atoms with Crippen LogP contribution in [0, 0.1) is 0 Å². The van der Waals surface area contributed by atoms with Crippen LogP contribution in [0.15, 0.2) is 30.3 Å². The van der Waals surface area contributed by atoms with Gasteiger partial charge >= 0.3 is 6.09 Å². The van der Waals surface area contributed by atoms with Crippen molar-refractivity contribution in [1.82, 2.24) is 9.80 Å². The molecule has 1 amide bonds. The number of fused-ring (bicyclic) bond motifs is 1. The minimum absolute atomic E-state index is 0.209. The topological polar surface area (TPSA) is 43.8 Å². The minimum Gasteiger partial charge on any atom is -0.465 e. The van der Waals surface area contributed by atoms with E-state index in [9.17, 15) is 9.90 Å². The quantitative estimate of drug-likeness (QED) is 0.930. The molecule has 1 aromatic rings. The van der Waals surface area contributed by atoms with Crippen molar-refractivity contribution in [2.24, 2.45) is 0 Å². The van der Waals surface area contributed by atoms with E-state index >= 15 is 0 Å². The first kappa shape index (κ1) is 14.4. The average molecular weight is 288 g/mol. The first-order valence-corrected chi connectivity index (χ1v) is 8.03. The van der Waals surface area contributed by atoms with Crippen molar-refractivity contribution >= 4 is 6.09 Å². The highest BCUT2D eigenvalue weighted by atomic mass is 16.4. The predicted octanol–water partition coefficient (Wildman–Crippen LogP) is 2.84. The van der Waals surface area contributed by atoms with Crippen LogP contribution < -0.4 is 0 Å². The maximum Gasteiger partial charge on any atom is 0.407 e. The summed E-state index contributed by atoms with van der Waals surface area (Å²) in [4.78, 5) is 15.6. The Kier molecular flexibility index (Phi) is 4.44. The predicted molar refractivity (Wildman–Crippen MR) is 82.5 cm³/mol. The number of carbonyl (C=O) groups is 1. The fourth-order valence-electron chi connectivity index (χ4n) is 3.88. The zero-order valence-corrected chi connectivity index (χ0v) is 12.4. The van der Waals surface area contributed by atoms with Gasteiger partial charge < -0.3 is 10.0 Å². The van der Waals surface area contributed by atoms with Gasteiger partial charge in [0.15, 0.2) is 0 Å². The summed E-state index contributed by atoms with van der Waals surface area (Å²) in [7, 11) is 0. The third-order valence-corrected chi connectivity index (χ3v) is 4.97. The van der Waals surface area contributed by atoms with E-state index in [-0.39, 0.29) is 6.04 Å². The standard InChI is InChI=1S/C17H24N2O2/c20-17(21)19-13-12-18(15-8-4-5-9-16(15)19)11-10-14-6-2-1-3-7-14/h1-3,6-7,15-16H,4-5,8-13H2,(H,20,21)/t15-,16+/m1/s1. The molecule has 1 heterocycles. The Morgan fingerprint density at radius 3 is 2.52 bits per heavy atom. The molecule has 4 heteroatoms. The van der Waals surface area contributed by atoms with E-state index in [0.717, 1.165) is 38.8 Å². The fourth-order valence-corrected chi connectivity index (χ4v) is 3.88. The number of hydrogen-bond acceptors (Lipinski definition) is 2. The number of nitrogens with zero attached hydrogens (tertiary/aromatic N) is 2. The molecule has 1 aliphatic carbocycles. The Morgan fingerprint density at radius 2 is 1.81 bits per heavy atom. The Bertz CT molecular complexity index is 477. The maximum atomic E-state index is 11.4. The molecule has 3 rings (SSSR count). The third-order valence-electron chi connectivity index (χ3n) is 4.97. The molecule has 1 saturated carbocycles. The normalized spacial score (nSPS) is 26.4. The van der Waals surface area contributed by atoms with Crippen molar-refractivity contribution < 1.29 is 9.90 Å². The number of piperazine rings is 1. The number of carboxylic acid groups (broad SMARTS) is 1. The summed E-state index contributed by atoms with van der Waals surface area (Å²) >= 11 is 0. The molecular weight excluding hydrogens is 264 g/mol. The molecule has 0 aromatic heterocycles. The van der Waals surface area contributed by atoms with Gasteiger partial charge in [-0.1, -0.05) is 43.2 Å². The van der Waals surface area contributed by atoms with Gasteiger partial charge in [-0.05, 0) is 24.8 Å². The summed E-state index contributed by atoms with van der Waals surface area (Å²) in [6.07, 6.45) is 4.88. The zero-order chi connectivity index (χ0) is 14.7. The third kappa shape index (κ3) is 3.21. The van der Waals surface area contributed by atoms with Gasteiger partial charge in [-0.3, -0.25) is 4.90 Å². The molecule has 4 nitrogen and oxygen atoms in total. The summed E-state index contributed by atoms with van der Waals surface area (Å²) in [5.41, 5.74) is 1.37. The monoisotopic (exact) mass is 288 g/mol. The van der Waals surface area contributed by atoms with E-state index < -0.39 is 6.09 Å². The van der Waals surface area contributed by atoms with Crippen molar-refractivity contribution in [1.29, 1.82) is 0 Å². The van der Waals surface area contributed by atoms with Crippen LogP contribution in [0.4, 0.5) is 4.79 Å². The highest BCUT2D eigenvalue weighted by Gasteiger charge is 2.39. The Morgan fingerprint density at radius 1 is 1.10 bits per heavy atom. The van der Waals surface area contributed by atoms with Gasteiger partial charge in [0.1, 0.15) is 0 Å². The Hall–Kier alpha value is -1.55. The number of hydrogen-bond donors (Lipinski definition) is 1. The Labute approximate surface area is 126 Å². The molecule has 114 valence electrons. The summed E-state index contributed by atoms with van der Waals surface area (Å²) in [5.74, 6) is 0. The van der Waals surface area contributed by atoms with Gasteiger partial charge in [-0.2, -0.15) is 0 Å². The van der Waals surface area contributed by atoms with E-state index in [4.69, 9.17) is 0 Å². The number of amides is 1. The molecule has 1 saturated heterocycles. The lowest BCUT2D eigenvalue weighted by Gasteiger charge is -2.49. The molecule has 1 aromatic carbocycles. The van der Waals surface area contributed by atoms with E-state index in [1.165, 1.54) is 12.0 Å². The van der Waals surface area contributed by atoms with Crippen LogP contribution in [0.2, 0.25) is 0 Å². The van der Waals surface area contributed by atoms with Crippen molar-refractivity contribution in [2.45, 2.75) is 44.2 Å². The van der Waals surface area contributed by atoms with Gasteiger partial charge in [0, 0.05) is 25.7 Å². The van der Waals surface area contributed by atoms with Crippen LogP contribution in [-0.2, 0) is 6.42 Å². The Balaban J connectivity index is 1.64. The van der Waals surface area contributed by atoms with Crippen molar-refractivity contribution in [3.05, 3.63) is 35.9 Å². The van der Waals surface area contributed by atoms with Gasteiger partial charge in [0.2, 0.25) is 0 Å². The minimum atomic E-state index is -0.741. The van der Waals surface area contributed by atoms with Crippen molar-refractivity contribution in [3.8, 4) is 0 Å². The van der Waals surface area contributed by atoms with Crippen LogP contribution in [0.25, 0.3) is 0 Å². The second kappa shape index (κ2) is 6.48. The van der Waals surface area contributed by atoms with E-state index in [1.54, 1.807) is 4.90 Å². The van der Waals surface area contributed by atoms with E-state index in [1.807, 2.05) is 6.07 Å². The average Bonchev–Trinajstić information content (AvgIpc) is 2.53. The highest BCUT2D eigenvalue weighted by Crippen LogP contribution is 2.30. The second-order valence-electron chi connectivity index (χ2n) is 6.17. The lowest BCUT2D eigenvalue weighted by Crippen LogP contribution is -2.62. The van der Waals surface area contributed by atoms with Crippen molar-refractivity contribution in [3.63, 3.8) is 0 Å². The van der Waals surface area contributed by atoms with Crippen molar-refractivity contribution in [2.75, 3.05) is 19.6 Å². The van der Waals surface area contributed by atoms with Crippen LogP contribution in [0.5, 0.6) is 0 Å². The van der Waals surface area contributed by atoms with Crippen LogP contribution in [0.3, 0.4) is 0 Å². The number of benzene rings is 1. The maximum absolute atomic E-state index is 11.4. The zero-order valence-electron chi connectivity index (χ0n) is 12.4. The van der Waals surface area contributed by atoms with Gasteiger partial charge in [0.05, 0.1) is 6.04 Å². The van der Waals surface area contributed by atoms with Crippen LogP contribution in [0.1, 0.15) is 31.2 Å². The largest absolute Gasteiger partial charge is 0.465 e. The molecule has 0 spiro atoms. The molecule has 21 heavy (non-hydrogen) atoms. The molecule has 1 aliphatic heterocycles. The summed E-state index contributed by atoms with van der Waals surface area (Å²) in [6, 6.07) is 11.2. The fraction of sp³-hybridized carbons (Fsp3) is 0.588. The molecule has 1 N–H and O–H groups in total. The molecule has 0 unspecified atom stereocenters. The van der Waals surface area contributed by atoms with Crippen LogP contribution >= 0.6 is 0 Å². The van der Waals surface area contributed by atoms with Gasteiger partial charge in [0.25, 0.3) is 0 Å². The SMILES string of the molecule is O=C(O)N1CCN(CCc2ccccc2)[C@@H]2CCCC[C@@H]21. The molecule has 0 bridgehead atoms. The smallest absolute Gasteiger partial charge is 0.407 e. The molecule has 2 atom stereocenters. The van der Waals surface area contributed by atoms with E-state index in [2.05, 4.69) is 29.2 Å². The second-order valence-corrected chi connectivity index (χ2v) is 6.17. The molecule has 2 aliphatic rings. The first-order valence-electron chi connectivity index (χ1n) is 8.03.